The normalized spacial score (nSPS) is 14.6. The van der Waals surface area contributed by atoms with Gasteiger partial charge in [0, 0.05) is 30.0 Å². The zero-order chi connectivity index (χ0) is 17.6. The molecule has 10 heteroatoms. The first-order chi connectivity index (χ1) is 11.9. The van der Waals surface area contributed by atoms with Crippen molar-refractivity contribution in [1.29, 1.82) is 0 Å². The van der Waals surface area contributed by atoms with E-state index in [9.17, 15) is 8.42 Å². The summed E-state index contributed by atoms with van der Waals surface area (Å²) < 4.78 is 23.5. The Balaban J connectivity index is 1.62. The number of thiophene rings is 1. The summed E-state index contributed by atoms with van der Waals surface area (Å²) in [6, 6.07) is 6.80. The fraction of sp³-hybridized carbons (Fsp3) is 0.267. The number of aromatic nitrogens is 4. The Morgan fingerprint density at radius 2 is 2.04 bits per heavy atom. The number of nitrogens with one attached hydrogen (secondary N) is 2. The van der Waals surface area contributed by atoms with E-state index < -0.39 is 9.84 Å². The highest BCUT2D eigenvalue weighted by atomic mass is 32.2. The van der Waals surface area contributed by atoms with Gasteiger partial charge in [-0.25, -0.2) is 18.4 Å². The molecule has 4 N–H and O–H groups in total. The Hall–Kier alpha value is -2.46. The number of hydrogen-bond acceptors (Lipinski definition) is 8. The van der Waals surface area contributed by atoms with E-state index in [0.29, 0.717) is 34.1 Å². The van der Waals surface area contributed by atoms with Crippen molar-refractivity contribution in [3.05, 3.63) is 30.0 Å². The van der Waals surface area contributed by atoms with E-state index in [4.69, 9.17) is 5.73 Å². The molecule has 3 aromatic heterocycles. The zero-order valence-corrected chi connectivity index (χ0v) is 15.0. The summed E-state index contributed by atoms with van der Waals surface area (Å²) in [5, 5.41) is 10.4. The Kier molecular flexibility index (Phi) is 3.73. The first-order valence-corrected chi connectivity index (χ1v) is 10.4. The van der Waals surface area contributed by atoms with Crippen LogP contribution >= 0.6 is 11.3 Å². The van der Waals surface area contributed by atoms with Crippen LogP contribution in [-0.2, 0) is 9.84 Å². The molecule has 1 saturated carbocycles. The van der Waals surface area contributed by atoms with E-state index in [1.165, 1.54) is 19.1 Å². The summed E-state index contributed by atoms with van der Waals surface area (Å²) >= 11 is 1.11. The molecule has 1 fully saturated rings. The van der Waals surface area contributed by atoms with E-state index in [1.54, 1.807) is 18.2 Å². The van der Waals surface area contributed by atoms with E-state index in [-0.39, 0.29) is 4.21 Å². The van der Waals surface area contributed by atoms with E-state index >= 15 is 0 Å². The summed E-state index contributed by atoms with van der Waals surface area (Å²) in [7, 11) is -3.26. The van der Waals surface area contributed by atoms with Crippen LogP contribution in [0.2, 0.25) is 0 Å². The third-order valence-electron chi connectivity index (χ3n) is 3.78. The first kappa shape index (κ1) is 16.0. The van der Waals surface area contributed by atoms with E-state index in [0.717, 1.165) is 17.0 Å². The molecule has 0 saturated heterocycles. The second-order valence-corrected chi connectivity index (χ2v) is 9.33. The van der Waals surface area contributed by atoms with Crippen LogP contribution in [0.15, 0.2) is 28.5 Å². The van der Waals surface area contributed by atoms with Gasteiger partial charge in [-0.1, -0.05) is 0 Å². The smallest absolute Gasteiger partial charge is 0.184 e. The molecular weight excluding hydrogens is 360 g/mol. The molecule has 3 heterocycles. The predicted octanol–water partition coefficient (Wildman–Crippen LogP) is 2.53. The van der Waals surface area contributed by atoms with Crippen LogP contribution < -0.4 is 11.1 Å². The van der Waals surface area contributed by atoms with Gasteiger partial charge < -0.3 is 11.1 Å². The number of nitrogen functional groups attached to an aromatic ring is 1. The molecule has 25 heavy (non-hydrogen) atoms. The lowest BCUT2D eigenvalue weighted by atomic mass is 10.3. The number of aromatic amines is 1. The van der Waals surface area contributed by atoms with Gasteiger partial charge in [0.05, 0.1) is 4.88 Å². The van der Waals surface area contributed by atoms with Crippen molar-refractivity contribution in [3.8, 4) is 10.7 Å². The minimum atomic E-state index is -3.26. The van der Waals surface area contributed by atoms with Crippen molar-refractivity contribution >= 4 is 38.6 Å². The standard InChI is InChI=1S/C15H16N6O2S2/c1-25(22,23)14-5-4-10(24-14)15-17-11(16)7-12(19-15)18-13-6-9(20-21-13)8-2-3-8/h4-8H,2-3H2,1H3,(H4,16,17,18,19,20,21). The van der Waals surface area contributed by atoms with Crippen LogP contribution in [0.5, 0.6) is 0 Å². The molecule has 4 rings (SSSR count). The number of sulfone groups is 1. The van der Waals surface area contributed by atoms with Gasteiger partial charge >= 0.3 is 0 Å². The molecule has 130 valence electrons. The lowest BCUT2D eigenvalue weighted by Crippen LogP contribution is -2.00. The third kappa shape index (κ3) is 3.49. The largest absolute Gasteiger partial charge is 0.384 e. The summed E-state index contributed by atoms with van der Waals surface area (Å²) in [6.45, 7) is 0. The molecule has 0 radical (unpaired) electrons. The van der Waals surface area contributed by atoms with Crippen molar-refractivity contribution < 1.29 is 8.42 Å². The average Bonchev–Trinajstić information content (AvgIpc) is 3.07. The number of nitrogens with zero attached hydrogens (tertiary/aromatic N) is 3. The summed E-state index contributed by atoms with van der Waals surface area (Å²) in [5.41, 5.74) is 6.99. The molecule has 0 atom stereocenters. The van der Waals surface area contributed by atoms with Crippen molar-refractivity contribution in [2.45, 2.75) is 23.0 Å². The topological polar surface area (TPSA) is 127 Å². The average molecular weight is 376 g/mol. The second kappa shape index (κ2) is 5.81. The van der Waals surface area contributed by atoms with Crippen LogP contribution in [-0.4, -0.2) is 34.8 Å². The molecule has 0 unspecified atom stereocenters. The molecule has 1 aliphatic carbocycles. The number of rotatable bonds is 5. The van der Waals surface area contributed by atoms with Crippen LogP contribution in [0.25, 0.3) is 10.7 Å². The second-order valence-electron chi connectivity index (χ2n) is 6.00. The number of anilines is 3. The predicted molar refractivity (Wildman–Crippen MR) is 96.7 cm³/mol. The number of H-pyrrole nitrogens is 1. The SMILES string of the molecule is CS(=O)(=O)c1ccc(-c2nc(N)cc(Nc3cc(C4CC4)[nH]n3)n2)s1. The molecular formula is C15H16N6O2S2. The highest BCUT2D eigenvalue weighted by Gasteiger charge is 2.25. The number of hydrogen-bond donors (Lipinski definition) is 3. The summed E-state index contributed by atoms with van der Waals surface area (Å²) in [5.74, 6) is 2.41. The van der Waals surface area contributed by atoms with Crippen molar-refractivity contribution in [2.24, 2.45) is 0 Å². The zero-order valence-electron chi connectivity index (χ0n) is 13.4. The van der Waals surface area contributed by atoms with Gasteiger partial charge in [-0.3, -0.25) is 5.10 Å². The first-order valence-electron chi connectivity index (χ1n) is 7.65. The maximum atomic E-state index is 11.6. The van der Waals surface area contributed by atoms with Gasteiger partial charge in [-0.05, 0) is 25.0 Å². The molecule has 0 amide bonds. The highest BCUT2D eigenvalue weighted by molar-refractivity contribution is 7.92. The Labute approximate surface area is 148 Å². The molecule has 0 bridgehead atoms. The molecule has 1 aliphatic rings. The van der Waals surface area contributed by atoms with Crippen LogP contribution in [0, 0.1) is 0 Å². The van der Waals surface area contributed by atoms with Gasteiger partial charge in [0.1, 0.15) is 15.8 Å². The van der Waals surface area contributed by atoms with Crippen LogP contribution in [0.3, 0.4) is 0 Å². The van der Waals surface area contributed by atoms with Crippen LogP contribution in [0.4, 0.5) is 17.5 Å². The lowest BCUT2D eigenvalue weighted by molar-refractivity contribution is 0.604. The van der Waals surface area contributed by atoms with Gasteiger partial charge in [0.15, 0.2) is 21.5 Å². The molecule has 0 aromatic carbocycles. The molecule has 8 nitrogen and oxygen atoms in total. The Morgan fingerprint density at radius 1 is 1.24 bits per heavy atom. The number of nitrogens with two attached hydrogens (primary N) is 1. The fourth-order valence-electron chi connectivity index (χ4n) is 2.42. The van der Waals surface area contributed by atoms with Crippen molar-refractivity contribution in [2.75, 3.05) is 17.3 Å². The van der Waals surface area contributed by atoms with Crippen molar-refractivity contribution in [1.82, 2.24) is 20.2 Å². The van der Waals surface area contributed by atoms with E-state index in [2.05, 4.69) is 25.5 Å². The van der Waals surface area contributed by atoms with Crippen molar-refractivity contribution in [3.63, 3.8) is 0 Å². The van der Waals surface area contributed by atoms with Gasteiger partial charge in [0.2, 0.25) is 0 Å². The summed E-state index contributed by atoms with van der Waals surface area (Å²) in [6.07, 6.45) is 3.55. The molecule has 0 spiro atoms. The fourth-order valence-corrected chi connectivity index (χ4v) is 4.28. The van der Waals surface area contributed by atoms with Gasteiger partial charge in [-0.15, -0.1) is 11.3 Å². The lowest BCUT2D eigenvalue weighted by Gasteiger charge is -2.05. The third-order valence-corrected chi connectivity index (χ3v) is 6.69. The van der Waals surface area contributed by atoms with E-state index in [1.807, 2.05) is 6.07 Å². The molecule has 0 aliphatic heterocycles. The maximum Gasteiger partial charge on any atom is 0.184 e. The van der Waals surface area contributed by atoms with Gasteiger partial charge in [-0.2, -0.15) is 5.10 Å². The Morgan fingerprint density at radius 3 is 2.72 bits per heavy atom. The summed E-state index contributed by atoms with van der Waals surface area (Å²) in [4.78, 5) is 9.26. The minimum absolute atomic E-state index is 0.268. The Bertz CT molecular complexity index is 1040. The van der Waals surface area contributed by atoms with Crippen LogP contribution in [0.1, 0.15) is 24.5 Å². The highest BCUT2D eigenvalue weighted by Crippen LogP contribution is 2.39. The van der Waals surface area contributed by atoms with Gasteiger partial charge in [0.25, 0.3) is 0 Å². The monoisotopic (exact) mass is 376 g/mol. The minimum Gasteiger partial charge on any atom is -0.384 e. The maximum absolute atomic E-state index is 11.6. The quantitative estimate of drug-likeness (QED) is 0.624. The molecule has 3 aromatic rings.